The van der Waals surface area contributed by atoms with Crippen LogP contribution in [0.2, 0.25) is 0 Å². The molecule has 1 unspecified atom stereocenters. The number of phenolic OH excluding ortho intramolecular Hbond substituents is 1. The fourth-order valence-corrected chi connectivity index (χ4v) is 3.74. The first-order valence-corrected chi connectivity index (χ1v) is 8.38. The molecule has 24 heavy (non-hydrogen) atoms. The Morgan fingerprint density at radius 1 is 1.00 bits per heavy atom. The van der Waals surface area contributed by atoms with E-state index in [0.29, 0.717) is 11.1 Å². The molecule has 0 fully saturated rings. The summed E-state index contributed by atoms with van der Waals surface area (Å²) in [5.41, 5.74) is 1.63. The highest BCUT2D eigenvalue weighted by Gasteiger charge is 2.43. The molecular formula is C18H20N2O3S. The average Bonchev–Trinajstić information content (AvgIpc) is 2.98. The standard InChI is InChI=1S/C18H20N2O3S/c1-19(2)10-5-6-11(12(21)9-10)15-17(22)16(18(15)23)13-7-8-14(24-13)20(3)4/h5-9,15,21-22H,1-4H3. The van der Waals surface area contributed by atoms with Gasteiger partial charge >= 0.3 is 0 Å². The Hall–Kier alpha value is -2.47. The minimum absolute atomic E-state index is 0.0188. The van der Waals surface area contributed by atoms with E-state index in [-0.39, 0.29) is 17.3 Å². The third kappa shape index (κ3) is 2.53. The molecule has 1 aliphatic rings. The molecule has 0 bridgehead atoms. The van der Waals surface area contributed by atoms with E-state index in [9.17, 15) is 15.0 Å². The number of anilines is 2. The number of rotatable bonds is 4. The van der Waals surface area contributed by atoms with Gasteiger partial charge in [-0.2, -0.15) is 0 Å². The molecule has 0 saturated carbocycles. The molecule has 0 saturated heterocycles. The zero-order valence-electron chi connectivity index (χ0n) is 14.1. The van der Waals surface area contributed by atoms with Crippen LogP contribution >= 0.6 is 11.3 Å². The van der Waals surface area contributed by atoms with E-state index in [1.807, 2.05) is 56.2 Å². The van der Waals surface area contributed by atoms with Gasteiger partial charge in [0.15, 0.2) is 5.78 Å². The first kappa shape index (κ1) is 16.4. The van der Waals surface area contributed by atoms with Crippen LogP contribution < -0.4 is 9.80 Å². The van der Waals surface area contributed by atoms with E-state index in [0.717, 1.165) is 15.6 Å². The molecule has 0 spiro atoms. The molecule has 1 heterocycles. The van der Waals surface area contributed by atoms with E-state index in [4.69, 9.17) is 0 Å². The predicted molar refractivity (Wildman–Crippen MR) is 98.4 cm³/mol. The average molecular weight is 344 g/mol. The number of ketones is 1. The second kappa shape index (κ2) is 5.87. The third-order valence-electron chi connectivity index (χ3n) is 4.16. The quantitative estimate of drug-likeness (QED) is 0.892. The summed E-state index contributed by atoms with van der Waals surface area (Å²) in [7, 11) is 7.61. The number of thiophene rings is 1. The summed E-state index contributed by atoms with van der Waals surface area (Å²) in [4.78, 5) is 17.1. The second-order valence-corrected chi connectivity index (χ2v) is 7.29. The highest BCUT2D eigenvalue weighted by Crippen LogP contribution is 2.47. The van der Waals surface area contributed by atoms with Crippen molar-refractivity contribution in [1.29, 1.82) is 0 Å². The highest BCUT2D eigenvalue weighted by molar-refractivity contribution is 7.17. The summed E-state index contributed by atoms with van der Waals surface area (Å²) in [6.07, 6.45) is 0. The fraction of sp³-hybridized carbons (Fsp3) is 0.278. The first-order valence-electron chi connectivity index (χ1n) is 7.56. The number of benzene rings is 1. The molecular weight excluding hydrogens is 324 g/mol. The van der Waals surface area contributed by atoms with E-state index in [2.05, 4.69) is 0 Å². The van der Waals surface area contributed by atoms with Crippen molar-refractivity contribution in [3.63, 3.8) is 0 Å². The van der Waals surface area contributed by atoms with Crippen molar-refractivity contribution in [2.24, 2.45) is 0 Å². The fourth-order valence-electron chi connectivity index (χ4n) is 2.75. The van der Waals surface area contributed by atoms with Crippen molar-refractivity contribution in [2.75, 3.05) is 38.0 Å². The van der Waals surface area contributed by atoms with Crippen LogP contribution in [0.5, 0.6) is 5.75 Å². The normalized spacial score (nSPS) is 17.0. The van der Waals surface area contributed by atoms with Crippen LogP contribution in [0.3, 0.4) is 0 Å². The number of hydrogen-bond donors (Lipinski definition) is 2. The number of nitrogens with zero attached hydrogens (tertiary/aromatic N) is 2. The number of allylic oxidation sites excluding steroid dienone is 2. The molecule has 0 radical (unpaired) electrons. The van der Waals surface area contributed by atoms with E-state index < -0.39 is 5.92 Å². The largest absolute Gasteiger partial charge is 0.510 e. The molecule has 1 aromatic heterocycles. The van der Waals surface area contributed by atoms with Gasteiger partial charge in [-0.05, 0) is 18.2 Å². The van der Waals surface area contributed by atoms with Crippen LogP contribution in [0.15, 0.2) is 36.1 Å². The predicted octanol–water partition coefficient (Wildman–Crippen LogP) is 3.22. The molecule has 2 aromatic rings. The molecule has 0 amide bonds. The molecule has 2 N–H and O–H groups in total. The molecule has 3 rings (SSSR count). The van der Waals surface area contributed by atoms with Crippen LogP contribution in [0.25, 0.3) is 5.57 Å². The number of aromatic hydroxyl groups is 1. The van der Waals surface area contributed by atoms with Crippen molar-refractivity contribution < 1.29 is 15.0 Å². The summed E-state index contributed by atoms with van der Waals surface area (Å²) in [5.74, 6) is -0.890. The number of hydrogen-bond acceptors (Lipinski definition) is 6. The van der Waals surface area contributed by atoms with E-state index in [1.165, 1.54) is 11.3 Å². The summed E-state index contributed by atoms with van der Waals surface area (Å²) in [5, 5.41) is 21.7. The maximum absolute atomic E-state index is 12.6. The molecule has 6 heteroatoms. The Kier molecular flexibility index (Phi) is 4.01. The Bertz CT molecular complexity index is 837. The molecule has 1 aromatic carbocycles. The lowest BCUT2D eigenvalue weighted by atomic mass is 9.76. The molecule has 5 nitrogen and oxygen atoms in total. The maximum Gasteiger partial charge on any atom is 0.182 e. The van der Waals surface area contributed by atoms with Gasteiger partial charge in [0.25, 0.3) is 0 Å². The molecule has 0 aliphatic heterocycles. The Morgan fingerprint density at radius 2 is 1.71 bits per heavy atom. The van der Waals surface area contributed by atoms with Crippen LogP contribution in [0, 0.1) is 0 Å². The zero-order chi connectivity index (χ0) is 17.6. The molecule has 1 aliphatic carbocycles. The van der Waals surface area contributed by atoms with Gasteiger partial charge in [-0.15, -0.1) is 11.3 Å². The monoisotopic (exact) mass is 344 g/mol. The number of Topliss-reactive ketones (excluding diaryl/α,β-unsaturated/α-hetero) is 1. The number of phenols is 1. The Morgan fingerprint density at radius 3 is 2.21 bits per heavy atom. The maximum atomic E-state index is 12.6. The van der Waals surface area contributed by atoms with Gasteiger partial charge in [-0.3, -0.25) is 4.79 Å². The van der Waals surface area contributed by atoms with Crippen LogP contribution in [-0.4, -0.2) is 44.2 Å². The second-order valence-electron chi connectivity index (χ2n) is 6.23. The van der Waals surface area contributed by atoms with Gasteiger partial charge in [0.1, 0.15) is 17.4 Å². The Balaban J connectivity index is 1.95. The lowest BCUT2D eigenvalue weighted by Crippen LogP contribution is -2.28. The van der Waals surface area contributed by atoms with Crippen molar-refractivity contribution in [1.82, 2.24) is 0 Å². The van der Waals surface area contributed by atoms with Crippen molar-refractivity contribution in [3.05, 3.63) is 46.5 Å². The van der Waals surface area contributed by atoms with Crippen molar-refractivity contribution in [3.8, 4) is 5.75 Å². The summed E-state index contributed by atoms with van der Waals surface area (Å²) in [6, 6.07) is 8.88. The topological polar surface area (TPSA) is 64.0 Å². The number of carbonyl (C=O) groups is 1. The van der Waals surface area contributed by atoms with E-state index in [1.54, 1.807) is 12.1 Å². The zero-order valence-corrected chi connectivity index (χ0v) is 14.9. The third-order valence-corrected chi connectivity index (χ3v) is 5.43. The number of carbonyl (C=O) groups excluding carboxylic acids is 1. The van der Waals surface area contributed by atoms with Gasteiger partial charge in [0.2, 0.25) is 0 Å². The van der Waals surface area contributed by atoms with Gasteiger partial charge in [0.05, 0.1) is 10.6 Å². The Labute approximate surface area is 145 Å². The van der Waals surface area contributed by atoms with Gasteiger partial charge in [-0.1, -0.05) is 6.07 Å². The van der Waals surface area contributed by atoms with Crippen LogP contribution in [0.1, 0.15) is 16.4 Å². The molecule has 126 valence electrons. The summed E-state index contributed by atoms with van der Waals surface area (Å²) >= 11 is 1.46. The minimum Gasteiger partial charge on any atom is -0.510 e. The SMILES string of the molecule is CN(C)c1ccc(C2C(=O)C(c3ccc(N(C)C)s3)=C2O)c(O)c1. The number of aliphatic hydroxyl groups excluding tert-OH is 1. The molecule has 1 atom stereocenters. The van der Waals surface area contributed by atoms with Crippen molar-refractivity contribution in [2.45, 2.75) is 5.92 Å². The lowest BCUT2D eigenvalue weighted by Gasteiger charge is -2.28. The highest BCUT2D eigenvalue weighted by atomic mass is 32.1. The van der Waals surface area contributed by atoms with Gasteiger partial charge in [-0.25, -0.2) is 0 Å². The minimum atomic E-state index is -0.777. The van der Waals surface area contributed by atoms with Crippen LogP contribution in [0.4, 0.5) is 10.7 Å². The van der Waals surface area contributed by atoms with Gasteiger partial charge in [0, 0.05) is 50.4 Å². The lowest BCUT2D eigenvalue weighted by molar-refractivity contribution is -0.116. The smallest absolute Gasteiger partial charge is 0.182 e. The first-order chi connectivity index (χ1) is 11.3. The van der Waals surface area contributed by atoms with Crippen molar-refractivity contribution >= 4 is 33.4 Å². The summed E-state index contributed by atoms with van der Waals surface area (Å²) in [6.45, 7) is 0. The van der Waals surface area contributed by atoms with Crippen LogP contribution in [-0.2, 0) is 4.79 Å². The van der Waals surface area contributed by atoms with E-state index >= 15 is 0 Å². The van der Waals surface area contributed by atoms with Gasteiger partial charge < -0.3 is 20.0 Å². The summed E-state index contributed by atoms with van der Waals surface area (Å²) < 4.78 is 0. The number of aliphatic hydroxyl groups is 1.